The molecule has 6 nitrogen and oxygen atoms in total. The lowest BCUT2D eigenvalue weighted by molar-refractivity contribution is 0.0302. The van der Waals surface area contributed by atoms with E-state index in [-0.39, 0.29) is 5.91 Å². The maximum Gasteiger partial charge on any atom is 0.255 e. The molecule has 2 aliphatic rings. The highest BCUT2D eigenvalue weighted by molar-refractivity contribution is 6.33. The average Bonchev–Trinajstić information content (AvgIpc) is 3.41. The summed E-state index contributed by atoms with van der Waals surface area (Å²) in [7, 11) is 4.20. The van der Waals surface area contributed by atoms with Crippen LogP contribution < -0.4 is 5.32 Å². The second-order valence-corrected chi connectivity index (χ2v) is 7.12. The number of anilines is 1. The van der Waals surface area contributed by atoms with E-state index in [0.29, 0.717) is 48.7 Å². The number of ether oxygens (including phenoxy) is 1. The Morgan fingerprint density at radius 2 is 2.17 bits per heavy atom. The van der Waals surface area contributed by atoms with Gasteiger partial charge in [0, 0.05) is 31.9 Å². The monoisotopic (exact) mass is 352 g/mol. The van der Waals surface area contributed by atoms with Crippen LogP contribution in [0.15, 0.2) is 12.3 Å². The minimum absolute atomic E-state index is 0.0385. The van der Waals surface area contributed by atoms with Gasteiger partial charge in [0.15, 0.2) is 0 Å². The predicted octanol–water partition coefficient (Wildman–Crippen LogP) is 1.96. The van der Waals surface area contributed by atoms with E-state index >= 15 is 0 Å². The number of carbonyl (C=O) groups excluding carboxylic acids is 1. The molecule has 1 saturated heterocycles. The first kappa shape index (κ1) is 17.5. The molecule has 1 N–H and O–H groups in total. The molecule has 132 valence electrons. The van der Waals surface area contributed by atoms with Crippen molar-refractivity contribution in [1.29, 1.82) is 0 Å². The van der Waals surface area contributed by atoms with Crippen molar-refractivity contribution in [2.75, 3.05) is 52.3 Å². The Morgan fingerprint density at radius 3 is 2.75 bits per heavy atom. The summed E-state index contributed by atoms with van der Waals surface area (Å²) < 4.78 is 5.28. The average molecular weight is 353 g/mol. The van der Waals surface area contributed by atoms with Gasteiger partial charge in [-0.1, -0.05) is 11.6 Å². The predicted molar refractivity (Wildman–Crippen MR) is 94.7 cm³/mol. The molecular weight excluding hydrogens is 328 g/mol. The van der Waals surface area contributed by atoms with Crippen molar-refractivity contribution < 1.29 is 9.53 Å². The maximum atomic E-state index is 12.5. The van der Waals surface area contributed by atoms with Gasteiger partial charge in [-0.05, 0) is 38.9 Å². The number of aromatic nitrogens is 1. The number of hydrogen-bond acceptors (Lipinski definition) is 5. The van der Waals surface area contributed by atoms with Crippen molar-refractivity contribution in [3.05, 3.63) is 22.8 Å². The summed E-state index contributed by atoms with van der Waals surface area (Å²) in [5, 5.41) is 3.82. The Bertz CT molecular complexity index is 584. The van der Waals surface area contributed by atoms with Crippen molar-refractivity contribution in [2.24, 2.45) is 5.92 Å². The summed E-state index contributed by atoms with van der Waals surface area (Å²) in [4.78, 5) is 20.8. The number of nitrogens with one attached hydrogen (secondary N) is 1. The second-order valence-electron chi connectivity index (χ2n) is 6.71. The molecular formula is C17H25ClN4O2. The Balaban J connectivity index is 1.62. The SMILES string of the molecule is CN(C)C(CNc1ncc(C(=O)N2CCOCC2)cc1Cl)C1CC1. The zero-order chi connectivity index (χ0) is 17.1. The van der Waals surface area contributed by atoms with Crippen molar-refractivity contribution in [2.45, 2.75) is 18.9 Å². The van der Waals surface area contributed by atoms with Gasteiger partial charge in [0.2, 0.25) is 0 Å². The molecule has 1 atom stereocenters. The van der Waals surface area contributed by atoms with E-state index in [1.54, 1.807) is 17.2 Å². The molecule has 1 unspecified atom stereocenters. The summed E-state index contributed by atoms with van der Waals surface area (Å²) in [5.41, 5.74) is 0.527. The van der Waals surface area contributed by atoms with Crippen LogP contribution in [0.4, 0.5) is 5.82 Å². The van der Waals surface area contributed by atoms with Crippen LogP contribution in [0, 0.1) is 5.92 Å². The fraction of sp³-hybridized carbons (Fsp3) is 0.647. The lowest BCUT2D eigenvalue weighted by atomic mass is 10.1. The van der Waals surface area contributed by atoms with Gasteiger partial charge in [0.25, 0.3) is 5.91 Å². The lowest BCUT2D eigenvalue weighted by Gasteiger charge is -2.27. The smallest absolute Gasteiger partial charge is 0.255 e. The molecule has 1 aromatic heterocycles. The van der Waals surface area contributed by atoms with Crippen LogP contribution in [0.25, 0.3) is 0 Å². The molecule has 7 heteroatoms. The first-order valence-electron chi connectivity index (χ1n) is 8.49. The molecule has 1 aliphatic heterocycles. The highest BCUT2D eigenvalue weighted by atomic mass is 35.5. The molecule has 24 heavy (non-hydrogen) atoms. The van der Waals surface area contributed by atoms with Crippen LogP contribution in [0.3, 0.4) is 0 Å². The highest BCUT2D eigenvalue weighted by Gasteiger charge is 2.32. The molecule has 1 saturated carbocycles. The Hall–Kier alpha value is -1.37. The third-order valence-electron chi connectivity index (χ3n) is 4.69. The van der Waals surface area contributed by atoms with Crippen LogP contribution >= 0.6 is 11.6 Å². The molecule has 1 amide bonds. The summed E-state index contributed by atoms with van der Waals surface area (Å²) in [6, 6.07) is 2.19. The van der Waals surface area contributed by atoms with Crippen molar-refractivity contribution in [3.8, 4) is 0 Å². The number of morpholine rings is 1. The van der Waals surface area contributed by atoms with Crippen LogP contribution in [0.2, 0.25) is 5.02 Å². The number of amides is 1. The molecule has 0 radical (unpaired) electrons. The first-order chi connectivity index (χ1) is 11.6. The summed E-state index contributed by atoms with van der Waals surface area (Å²) >= 11 is 6.34. The van der Waals surface area contributed by atoms with E-state index in [4.69, 9.17) is 16.3 Å². The number of pyridine rings is 1. The van der Waals surface area contributed by atoms with Gasteiger partial charge in [-0.2, -0.15) is 0 Å². The van der Waals surface area contributed by atoms with Gasteiger partial charge in [0.1, 0.15) is 5.82 Å². The van der Waals surface area contributed by atoms with Crippen LogP contribution in [-0.4, -0.2) is 73.7 Å². The zero-order valence-corrected chi connectivity index (χ0v) is 15.1. The van der Waals surface area contributed by atoms with Crippen LogP contribution in [-0.2, 0) is 4.74 Å². The quantitative estimate of drug-likeness (QED) is 0.848. The van der Waals surface area contributed by atoms with E-state index in [1.165, 1.54) is 12.8 Å². The minimum Gasteiger partial charge on any atom is -0.378 e. The van der Waals surface area contributed by atoms with Crippen molar-refractivity contribution >= 4 is 23.3 Å². The largest absolute Gasteiger partial charge is 0.378 e. The minimum atomic E-state index is -0.0385. The van der Waals surface area contributed by atoms with Gasteiger partial charge in [-0.15, -0.1) is 0 Å². The normalized spacial score (nSPS) is 19.4. The van der Waals surface area contributed by atoms with Gasteiger partial charge in [-0.25, -0.2) is 4.98 Å². The number of hydrogen-bond donors (Lipinski definition) is 1. The van der Waals surface area contributed by atoms with Crippen LogP contribution in [0.1, 0.15) is 23.2 Å². The first-order valence-corrected chi connectivity index (χ1v) is 8.87. The summed E-state index contributed by atoms with van der Waals surface area (Å²) in [6.45, 7) is 3.20. The molecule has 0 spiro atoms. The third kappa shape index (κ3) is 4.18. The zero-order valence-electron chi connectivity index (χ0n) is 14.3. The van der Waals surface area contributed by atoms with E-state index in [2.05, 4.69) is 29.3 Å². The second kappa shape index (κ2) is 7.68. The lowest BCUT2D eigenvalue weighted by Crippen LogP contribution is -2.40. The fourth-order valence-corrected chi connectivity index (χ4v) is 3.32. The fourth-order valence-electron chi connectivity index (χ4n) is 3.09. The molecule has 0 aromatic carbocycles. The van der Waals surface area contributed by atoms with Crippen LogP contribution in [0.5, 0.6) is 0 Å². The summed E-state index contributed by atoms with van der Waals surface area (Å²) in [5.74, 6) is 1.36. The molecule has 1 aliphatic carbocycles. The van der Waals surface area contributed by atoms with Gasteiger partial charge < -0.3 is 19.9 Å². The van der Waals surface area contributed by atoms with E-state index in [0.717, 1.165) is 12.5 Å². The number of halogens is 1. The number of rotatable bonds is 6. The van der Waals surface area contributed by atoms with Crippen molar-refractivity contribution in [3.63, 3.8) is 0 Å². The Labute approximate surface area is 148 Å². The maximum absolute atomic E-state index is 12.5. The van der Waals surface area contributed by atoms with Crippen molar-refractivity contribution in [1.82, 2.24) is 14.8 Å². The summed E-state index contributed by atoms with van der Waals surface area (Å²) in [6.07, 6.45) is 4.19. The third-order valence-corrected chi connectivity index (χ3v) is 4.98. The number of carbonyl (C=O) groups is 1. The van der Waals surface area contributed by atoms with Gasteiger partial charge >= 0.3 is 0 Å². The number of nitrogens with zero attached hydrogens (tertiary/aromatic N) is 3. The van der Waals surface area contributed by atoms with Gasteiger partial charge in [0.05, 0.1) is 23.8 Å². The number of likely N-dealkylation sites (N-methyl/N-ethyl adjacent to an activating group) is 1. The Kier molecular flexibility index (Phi) is 5.58. The standard InChI is InChI=1S/C17H25ClN4O2/c1-21(2)15(12-3-4-12)11-20-16-14(18)9-13(10-19-16)17(23)22-5-7-24-8-6-22/h9-10,12,15H,3-8,11H2,1-2H3,(H,19,20). The molecule has 1 aromatic rings. The van der Waals surface area contributed by atoms with E-state index < -0.39 is 0 Å². The Morgan fingerprint density at radius 1 is 1.46 bits per heavy atom. The molecule has 0 bridgehead atoms. The van der Waals surface area contributed by atoms with E-state index in [1.807, 2.05) is 0 Å². The van der Waals surface area contributed by atoms with Gasteiger partial charge in [-0.3, -0.25) is 4.79 Å². The molecule has 2 fully saturated rings. The molecule has 2 heterocycles. The molecule has 3 rings (SSSR count). The van der Waals surface area contributed by atoms with E-state index in [9.17, 15) is 4.79 Å². The highest BCUT2D eigenvalue weighted by Crippen LogP contribution is 2.35. The topological polar surface area (TPSA) is 57.7 Å².